The molecule has 0 unspecified atom stereocenters. The van der Waals surface area contributed by atoms with Crippen molar-refractivity contribution in [2.75, 3.05) is 33.1 Å². The molecule has 0 bridgehead atoms. The number of fused-ring (bicyclic) bond motifs is 1. The minimum Gasteiger partial charge on any atom is -0.454 e. The number of nitrogens with zero attached hydrogens (tertiary/aromatic N) is 1. The van der Waals surface area contributed by atoms with Crippen LogP contribution < -0.4 is 14.8 Å². The van der Waals surface area contributed by atoms with Gasteiger partial charge in [-0.05, 0) is 31.0 Å². The molecule has 6 nitrogen and oxygen atoms in total. The van der Waals surface area contributed by atoms with Crippen molar-refractivity contribution in [2.45, 2.75) is 19.9 Å². The van der Waals surface area contributed by atoms with Crippen LogP contribution in [0.5, 0.6) is 11.5 Å². The van der Waals surface area contributed by atoms with E-state index in [1.165, 1.54) is 0 Å². The minimum absolute atomic E-state index is 0.0351. The van der Waals surface area contributed by atoms with Gasteiger partial charge >= 0.3 is 6.03 Å². The molecule has 2 amide bonds. The van der Waals surface area contributed by atoms with Crippen LogP contribution in [0.1, 0.15) is 18.9 Å². The van der Waals surface area contributed by atoms with Crippen LogP contribution in [0.3, 0.4) is 0 Å². The average Bonchev–Trinajstić information content (AvgIpc) is 3.20. The SMILES string of the molecule is CCN(Cc1ccc2c(c1)OCO2)C(=O)NC[C@H]1CCOC1. The van der Waals surface area contributed by atoms with Crippen LogP contribution in [-0.2, 0) is 11.3 Å². The molecule has 0 aliphatic carbocycles. The van der Waals surface area contributed by atoms with E-state index in [2.05, 4.69) is 5.32 Å². The number of hydrogen-bond acceptors (Lipinski definition) is 4. The lowest BCUT2D eigenvalue weighted by Crippen LogP contribution is -2.41. The first kappa shape index (κ1) is 15.0. The topological polar surface area (TPSA) is 60.0 Å². The number of urea groups is 1. The Morgan fingerprint density at radius 3 is 3.00 bits per heavy atom. The quantitative estimate of drug-likeness (QED) is 0.903. The molecule has 2 aliphatic rings. The number of hydrogen-bond donors (Lipinski definition) is 1. The zero-order valence-corrected chi connectivity index (χ0v) is 12.8. The largest absolute Gasteiger partial charge is 0.454 e. The summed E-state index contributed by atoms with van der Waals surface area (Å²) in [4.78, 5) is 14.1. The third kappa shape index (κ3) is 3.44. The molecule has 1 fully saturated rings. The second-order valence-electron chi connectivity index (χ2n) is 5.62. The molecule has 0 saturated carbocycles. The van der Waals surface area contributed by atoms with E-state index in [-0.39, 0.29) is 12.8 Å². The van der Waals surface area contributed by atoms with Crippen LogP contribution in [0.15, 0.2) is 18.2 Å². The lowest BCUT2D eigenvalue weighted by molar-refractivity contribution is 0.173. The van der Waals surface area contributed by atoms with E-state index in [4.69, 9.17) is 14.2 Å². The van der Waals surface area contributed by atoms with Gasteiger partial charge < -0.3 is 24.4 Å². The predicted molar refractivity (Wildman–Crippen MR) is 81.0 cm³/mol. The van der Waals surface area contributed by atoms with Gasteiger partial charge in [-0.15, -0.1) is 0 Å². The Morgan fingerprint density at radius 1 is 1.36 bits per heavy atom. The highest BCUT2D eigenvalue weighted by Gasteiger charge is 2.19. The summed E-state index contributed by atoms with van der Waals surface area (Å²) < 4.78 is 16.0. The summed E-state index contributed by atoms with van der Waals surface area (Å²) in [5.41, 5.74) is 1.03. The van der Waals surface area contributed by atoms with E-state index in [0.717, 1.165) is 36.7 Å². The summed E-state index contributed by atoms with van der Waals surface area (Å²) >= 11 is 0. The van der Waals surface area contributed by atoms with Crippen LogP contribution in [0.4, 0.5) is 4.79 Å². The van der Waals surface area contributed by atoms with Crippen LogP contribution in [0.2, 0.25) is 0 Å². The molecule has 1 saturated heterocycles. The third-order valence-corrected chi connectivity index (χ3v) is 4.05. The minimum atomic E-state index is -0.0351. The normalized spacial score (nSPS) is 19.2. The number of ether oxygens (including phenoxy) is 3. The maximum atomic E-state index is 12.3. The van der Waals surface area contributed by atoms with Crippen LogP contribution >= 0.6 is 0 Å². The lowest BCUT2D eigenvalue weighted by Gasteiger charge is -2.22. The molecule has 2 heterocycles. The Labute approximate surface area is 130 Å². The lowest BCUT2D eigenvalue weighted by atomic mass is 10.1. The monoisotopic (exact) mass is 306 g/mol. The molecule has 1 atom stereocenters. The maximum absolute atomic E-state index is 12.3. The summed E-state index contributed by atoms with van der Waals surface area (Å²) in [6.45, 7) is 5.67. The van der Waals surface area contributed by atoms with Crippen molar-refractivity contribution >= 4 is 6.03 Å². The first-order valence-corrected chi connectivity index (χ1v) is 7.75. The van der Waals surface area contributed by atoms with Gasteiger partial charge in [-0.2, -0.15) is 0 Å². The Kier molecular flexibility index (Phi) is 4.68. The van der Waals surface area contributed by atoms with Crippen molar-refractivity contribution in [1.82, 2.24) is 10.2 Å². The van der Waals surface area contributed by atoms with Gasteiger partial charge in [-0.3, -0.25) is 0 Å². The first-order chi connectivity index (χ1) is 10.8. The van der Waals surface area contributed by atoms with E-state index in [0.29, 0.717) is 25.6 Å². The fraction of sp³-hybridized carbons (Fsp3) is 0.562. The van der Waals surface area contributed by atoms with E-state index in [1.807, 2.05) is 25.1 Å². The molecule has 0 radical (unpaired) electrons. The van der Waals surface area contributed by atoms with Gasteiger partial charge in [0.05, 0.1) is 6.61 Å². The molecule has 1 N–H and O–H groups in total. The van der Waals surface area contributed by atoms with Crippen molar-refractivity contribution in [3.05, 3.63) is 23.8 Å². The van der Waals surface area contributed by atoms with Gasteiger partial charge in [-0.1, -0.05) is 6.07 Å². The van der Waals surface area contributed by atoms with Crippen LogP contribution in [0.25, 0.3) is 0 Å². The highest BCUT2D eigenvalue weighted by Crippen LogP contribution is 2.32. The predicted octanol–water partition coefficient (Wildman–Crippen LogP) is 1.98. The number of carbonyl (C=O) groups is 1. The molecule has 120 valence electrons. The Hall–Kier alpha value is -1.95. The molecule has 0 aromatic heterocycles. The van der Waals surface area contributed by atoms with E-state index < -0.39 is 0 Å². The number of rotatable bonds is 5. The fourth-order valence-corrected chi connectivity index (χ4v) is 2.67. The number of benzene rings is 1. The second kappa shape index (κ2) is 6.87. The van der Waals surface area contributed by atoms with Crippen molar-refractivity contribution in [3.63, 3.8) is 0 Å². The Morgan fingerprint density at radius 2 is 2.23 bits per heavy atom. The van der Waals surface area contributed by atoms with Gasteiger partial charge in [0.15, 0.2) is 11.5 Å². The van der Waals surface area contributed by atoms with Crippen LogP contribution in [0, 0.1) is 5.92 Å². The molecule has 0 spiro atoms. The Bertz CT molecular complexity index is 529. The van der Waals surface area contributed by atoms with Crippen molar-refractivity contribution in [1.29, 1.82) is 0 Å². The smallest absolute Gasteiger partial charge is 0.317 e. The molecule has 1 aromatic carbocycles. The summed E-state index contributed by atoms with van der Waals surface area (Å²) in [5, 5.41) is 3.00. The fourth-order valence-electron chi connectivity index (χ4n) is 2.67. The first-order valence-electron chi connectivity index (χ1n) is 7.75. The van der Waals surface area contributed by atoms with Gasteiger partial charge in [0.25, 0.3) is 0 Å². The second-order valence-corrected chi connectivity index (χ2v) is 5.62. The molecule has 1 aromatic rings. The van der Waals surface area contributed by atoms with Crippen LogP contribution in [-0.4, -0.2) is 44.0 Å². The number of nitrogens with one attached hydrogen (secondary N) is 1. The van der Waals surface area contributed by atoms with E-state index >= 15 is 0 Å². The maximum Gasteiger partial charge on any atom is 0.317 e. The van der Waals surface area contributed by atoms with Gasteiger partial charge in [-0.25, -0.2) is 4.79 Å². The van der Waals surface area contributed by atoms with E-state index in [1.54, 1.807) is 4.90 Å². The summed E-state index contributed by atoms with van der Waals surface area (Å²) in [6.07, 6.45) is 1.02. The molecular formula is C16H22N2O4. The number of carbonyl (C=O) groups excluding carboxylic acids is 1. The van der Waals surface area contributed by atoms with Crippen molar-refractivity contribution < 1.29 is 19.0 Å². The van der Waals surface area contributed by atoms with Gasteiger partial charge in [0, 0.05) is 32.2 Å². The van der Waals surface area contributed by atoms with Crippen molar-refractivity contribution in [2.24, 2.45) is 5.92 Å². The van der Waals surface area contributed by atoms with Crippen molar-refractivity contribution in [3.8, 4) is 11.5 Å². The third-order valence-electron chi connectivity index (χ3n) is 4.05. The van der Waals surface area contributed by atoms with E-state index in [9.17, 15) is 4.79 Å². The van der Waals surface area contributed by atoms with Gasteiger partial charge in [0.1, 0.15) is 0 Å². The summed E-state index contributed by atoms with van der Waals surface area (Å²) in [5.74, 6) is 1.95. The highest BCUT2D eigenvalue weighted by atomic mass is 16.7. The highest BCUT2D eigenvalue weighted by molar-refractivity contribution is 5.74. The molecular weight excluding hydrogens is 284 g/mol. The molecule has 22 heavy (non-hydrogen) atoms. The number of amides is 2. The van der Waals surface area contributed by atoms with Gasteiger partial charge in [0.2, 0.25) is 6.79 Å². The Balaban J connectivity index is 1.55. The standard InChI is InChI=1S/C16H22N2O4/c1-2-18(16(19)17-8-13-5-6-20-10-13)9-12-3-4-14-15(7-12)22-11-21-14/h3-4,7,13H,2,5-6,8-11H2,1H3,(H,17,19)/t13-/m1/s1. The zero-order valence-electron chi connectivity index (χ0n) is 12.8. The molecule has 3 rings (SSSR count). The zero-order chi connectivity index (χ0) is 15.4. The average molecular weight is 306 g/mol. The molecule has 2 aliphatic heterocycles. The molecule has 6 heteroatoms. The summed E-state index contributed by atoms with van der Waals surface area (Å²) in [7, 11) is 0. The summed E-state index contributed by atoms with van der Waals surface area (Å²) in [6, 6.07) is 5.75.